The monoisotopic (exact) mass is 140 g/mol. The Labute approximate surface area is 60.9 Å². The van der Waals surface area contributed by atoms with E-state index in [1.165, 1.54) is 0 Å². The summed E-state index contributed by atoms with van der Waals surface area (Å²) in [6, 6.07) is 2.07. The van der Waals surface area contributed by atoms with E-state index in [4.69, 9.17) is 5.26 Å². The average Bonchev–Trinajstić information content (AvgIpc) is 2.13. The first-order chi connectivity index (χ1) is 4.74. The second-order valence-electron chi connectivity index (χ2n) is 2.91. The number of hydrogen-bond acceptors (Lipinski definition) is 3. The SMILES string of the molecule is CN1C[C@@H](CC#N)[C@@H](O)C1. The molecule has 3 heteroatoms. The van der Waals surface area contributed by atoms with Crippen molar-refractivity contribution in [3.8, 4) is 6.07 Å². The predicted molar refractivity (Wildman–Crippen MR) is 37.2 cm³/mol. The lowest BCUT2D eigenvalue weighted by Crippen LogP contribution is -2.17. The molecule has 56 valence electrons. The fourth-order valence-electron chi connectivity index (χ4n) is 1.38. The van der Waals surface area contributed by atoms with Crippen LogP contribution < -0.4 is 0 Å². The number of β-amino-alcohol motifs (C(OH)–C–C–N with tert-alkyl or cyclic N) is 1. The van der Waals surface area contributed by atoms with Crippen molar-refractivity contribution in [1.29, 1.82) is 5.26 Å². The smallest absolute Gasteiger partial charge is 0.0717 e. The number of rotatable bonds is 1. The molecule has 0 aromatic heterocycles. The third-order valence-corrected chi connectivity index (χ3v) is 1.94. The number of nitrogens with zero attached hydrogens (tertiary/aromatic N) is 2. The molecule has 0 aliphatic carbocycles. The van der Waals surface area contributed by atoms with Crippen LogP contribution in [0.25, 0.3) is 0 Å². The highest BCUT2D eigenvalue weighted by Gasteiger charge is 2.28. The van der Waals surface area contributed by atoms with Crippen LogP contribution in [0.15, 0.2) is 0 Å². The third-order valence-electron chi connectivity index (χ3n) is 1.94. The molecule has 0 aromatic carbocycles. The largest absolute Gasteiger partial charge is 0.391 e. The van der Waals surface area contributed by atoms with Crippen LogP contribution >= 0.6 is 0 Å². The standard InChI is InChI=1S/C7H12N2O/c1-9-4-6(2-3-8)7(10)5-9/h6-7,10H,2,4-5H2,1H3/t6-,7+/m1/s1. The second-order valence-corrected chi connectivity index (χ2v) is 2.91. The molecule has 0 aromatic rings. The Morgan fingerprint density at radius 2 is 2.40 bits per heavy atom. The molecule has 1 rings (SSSR count). The fraction of sp³-hybridized carbons (Fsp3) is 0.857. The molecule has 0 bridgehead atoms. The quantitative estimate of drug-likeness (QED) is 0.549. The zero-order valence-electron chi connectivity index (χ0n) is 6.12. The van der Waals surface area contributed by atoms with Crippen LogP contribution in [0, 0.1) is 17.2 Å². The van der Waals surface area contributed by atoms with Gasteiger partial charge in [-0.15, -0.1) is 0 Å². The summed E-state index contributed by atoms with van der Waals surface area (Å²) in [5.74, 6) is 0.176. The van der Waals surface area contributed by atoms with E-state index in [1.807, 2.05) is 11.9 Å². The van der Waals surface area contributed by atoms with Gasteiger partial charge < -0.3 is 10.0 Å². The molecule has 10 heavy (non-hydrogen) atoms. The van der Waals surface area contributed by atoms with Crippen LogP contribution in [-0.4, -0.2) is 36.2 Å². The lowest BCUT2D eigenvalue weighted by atomic mass is 10.0. The van der Waals surface area contributed by atoms with E-state index in [-0.39, 0.29) is 12.0 Å². The number of nitriles is 1. The molecule has 1 heterocycles. The zero-order chi connectivity index (χ0) is 7.56. The second kappa shape index (κ2) is 3.00. The van der Waals surface area contributed by atoms with Gasteiger partial charge in [0.05, 0.1) is 12.2 Å². The number of hydrogen-bond donors (Lipinski definition) is 1. The molecule has 2 atom stereocenters. The van der Waals surface area contributed by atoms with Crippen molar-refractivity contribution < 1.29 is 5.11 Å². The maximum Gasteiger partial charge on any atom is 0.0717 e. The molecule has 0 spiro atoms. The summed E-state index contributed by atoms with van der Waals surface area (Å²) in [6.07, 6.45) is 0.190. The Hall–Kier alpha value is -0.590. The first kappa shape index (κ1) is 7.52. The normalized spacial score (nSPS) is 34.1. The Balaban J connectivity index is 2.40. The van der Waals surface area contributed by atoms with Crippen molar-refractivity contribution in [2.24, 2.45) is 5.92 Å². The van der Waals surface area contributed by atoms with Gasteiger partial charge in [-0.25, -0.2) is 0 Å². The van der Waals surface area contributed by atoms with Crippen LogP contribution in [0.2, 0.25) is 0 Å². The van der Waals surface area contributed by atoms with E-state index >= 15 is 0 Å². The van der Waals surface area contributed by atoms with Crippen LogP contribution in [-0.2, 0) is 0 Å². The van der Waals surface area contributed by atoms with Crippen LogP contribution in [0.1, 0.15) is 6.42 Å². The highest BCUT2D eigenvalue weighted by atomic mass is 16.3. The van der Waals surface area contributed by atoms with Gasteiger partial charge in [0.25, 0.3) is 0 Å². The Kier molecular flexibility index (Phi) is 2.25. The van der Waals surface area contributed by atoms with Gasteiger partial charge in [-0.2, -0.15) is 5.26 Å². The molecular weight excluding hydrogens is 128 g/mol. The summed E-state index contributed by atoms with van der Waals surface area (Å²) in [5.41, 5.74) is 0. The summed E-state index contributed by atoms with van der Waals surface area (Å²) >= 11 is 0. The zero-order valence-corrected chi connectivity index (χ0v) is 6.12. The van der Waals surface area contributed by atoms with Crippen LogP contribution in [0.5, 0.6) is 0 Å². The maximum atomic E-state index is 9.30. The van der Waals surface area contributed by atoms with Gasteiger partial charge in [0, 0.05) is 25.4 Å². The Morgan fingerprint density at radius 3 is 2.80 bits per heavy atom. The van der Waals surface area contributed by atoms with E-state index in [9.17, 15) is 5.11 Å². The van der Waals surface area contributed by atoms with Gasteiger partial charge in [-0.05, 0) is 7.05 Å². The van der Waals surface area contributed by atoms with Gasteiger partial charge in [0.1, 0.15) is 0 Å². The molecule has 1 aliphatic heterocycles. The Morgan fingerprint density at radius 1 is 1.70 bits per heavy atom. The van der Waals surface area contributed by atoms with Gasteiger partial charge in [-0.1, -0.05) is 0 Å². The summed E-state index contributed by atoms with van der Waals surface area (Å²) in [6.45, 7) is 1.57. The number of likely N-dealkylation sites (tertiary alicyclic amines) is 1. The summed E-state index contributed by atoms with van der Waals surface area (Å²) in [5, 5.41) is 17.6. The molecular formula is C7H12N2O. The van der Waals surface area contributed by atoms with Crippen molar-refractivity contribution >= 4 is 0 Å². The van der Waals surface area contributed by atoms with E-state index in [1.54, 1.807) is 0 Å². The number of aliphatic hydroxyl groups excluding tert-OH is 1. The summed E-state index contributed by atoms with van der Waals surface area (Å²) in [7, 11) is 1.96. The van der Waals surface area contributed by atoms with Gasteiger partial charge in [-0.3, -0.25) is 0 Å². The molecule has 1 fully saturated rings. The highest BCUT2D eigenvalue weighted by Crippen LogP contribution is 2.17. The molecule has 3 nitrogen and oxygen atoms in total. The van der Waals surface area contributed by atoms with Crippen LogP contribution in [0.3, 0.4) is 0 Å². The lowest BCUT2D eigenvalue weighted by Gasteiger charge is -2.06. The lowest BCUT2D eigenvalue weighted by molar-refractivity contribution is 0.145. The van der Waals surface area contributed by atoms with Gasteiger partial charge in [0.15, 0.2) is 0 Å². The van der Waals surface area contributed by atoms with Crippen molar-refractivity contribution in [2.45, 2.75) is 12.5 Å². The molecule has 1 N–H and O–H groups in total. The molecule has 0 radical (unpaired) electrons. The minimum Gasteiger partial charge on any atom is -0.391 e. The molecule has 0 saturated carbocycles. The molecule has 1 aliphatic rings. The molecule has 0 amide bonds. The average molecular weight is 140 g/mol. The van der Waals surface area contributed by atoms with Gasteiger partial charge in [0.2, 0.25) is 0 Å². The topological polar surface area (TPSA) is 47.3 Å². The van der Waals surface area contributed by atoms with E-state index in [0.717, 1.165) is 6.54 Å². The first-order valence-corrected chi connectivity index (χ1v) is 3.47. The van der Waals surface area contributed by atoms with E-state index in [2.05, 4.69) is 6.07 Å². The summed E-state index contributed by atoms with van der Waals surface area (Å²) < 4.78 is 0. The predicted octanol–water partition coefficient (Wildman–Crippen LogP) is -0.177. The van der Waals surface area contributed by atoms with Crippen molar-refractivity contribution in [3.63, 3.8) is 0 Å². The number of aliphatic hydroxyl groups is 1. The minimum absolute atomic E-state index is 0.176. The fourth-order valence-corrected chi connectivity index (χ4v) is 1.38. The van der Waals surface area contributed by atoms with Crippen molar-refractivity contribution in [2.75, 3.05) is 20.1 Å². The van der Waals surface area contributed by atoms with Gasteiger partial charge >= 0.3 is 0 Å². The Bertz CT molecular complexity index is 152. The summed E-state index contributed by atoms with van der Waals surface area (Å²) in [4.78, 5) is 2.05. The van der Waals surface area contributed by atoms with Crippen molar-refractivity contribution in [3.05, 3.63) is 0 Å². The minimum atomic E-state index is -0.287. The van der Waals surface area contributed by atoms with Crippen LogP contribution in [0.4, 0.5) is 0 Å². The van der Waals surface area contributed by atoms with Crippen molar-refractivity contribution in [1.82, 2.24) is 4.90 Å². The highest BCUT2D eigenvalue weighted by molar-refractivity contribution is 4.88. The third kappa shape index (κ3) is 1.47. The number of likely N-dealkylation sites (N-methyl/N-ethyl adjacent to an activating group) is 1. The van der Waals surface area contributed by atoms with E-state index in [0.29, 0.717) is 13.0 Å². The molecule has 1 saturated heterocycles. The molecule has 0 unspecified atom stereocenters. The first-order valence-electron chi connectivity index (χ1n) is 3.47. The van der Waals surface area contributed by atoms with E-state index < -0.39 is 0 Å². The maximum absolute atomic E-state index is 9.30.